The van der Waals surface area contributed by atoms with E-state index < -0.39 is 30.5 Å². The molecular weight excluding hydrogens is 245 g/mol. The van der Waals surface area contributed by atoms with Crippen molar-refractivity contribution >= 4 is 0 Å². The van der Waals surface area contributed by atoms with Crippen molar-refractivity contribution < 1.29 is 39.5 Å². The Hall–Kier alpha value is -0.670. The lowest BCUT2D eigenvalue weighted by Gasteiger charge is -2.32. The van der Waals surface area contributed by atoms with Crippen LogP contribution in [0.1, 0.15) is 0 Å². The number of rotatable bonds is 3. The fourth-order valence-corrected chi connectivity index (χ4v) is 0.536. The Bertz CT molecular complexity index is 229. The molecule has 0 aromatic carbocycles. The van der Waals surface area contributed by atoms with Gasteiger partial charge in [0.1, 0.15) is 0 Å². The molecule has 0 heterocycles. The summed E-state index contributed by atoms with van der Waals surface area (Å²) in [6.45, 7) is -2.33. The van der Waals surface area contributed by atoms with E-state index in [4.69, 9.17) is 0 Å². The summed E-state index contributed by atoms with van der Waals surface area (Å²) >= 11 is 0. The van der Waals surface area contributed by atoms with Crippen molar-refractivity contribution in [1.29, 1.82) is 0 Å². The largest absolute Gasteiger partial charge is 0.460 e. The molecular formula is C5H4F9N. The van der Waals surface area contributed by atoms with Crippen LogP contribution >= 0.6 is 0 Å². The topological polar surface area (TPSA) is 26.0 Å². The molecule has 1 nitrogen and oxygen atoms in total. The van der Waals surface area contributed by atoms with E-state index in [2.05, 4.69) is 5.73 Å². The highest BCUT2D eigenvalue weighted by molar-refractivity contribution is 5.00. The number of nitrogens with two attached hydrogens (primary N) is 1. The molecule has 0 unspecified atom stereocenters. The fourth-order valence-electron chi connectivity index (χ4n) is 0.536. The van der Waals surface area contributed by atoms with Crippen LogP contribution in [0.25, 0.3) is 0 Å². The molecule has 0 spiro atoms. The lowest BCUT2D eigenvalue weighted by Crippen LogP contribution is -2.62. The molecule has 0 saturated heterocycles. The lowest BCUT2D eigenvalue weighted by atomic mass is 10.0. The van der Waals surface area contributed by atoms with Gasteiger partial charge in [0.25, 0.3) is 0 Å². The summed E-state index contributed by atoms with van der Waals surface area (Å²) in [5.41, 5.74) is 4.00. The summed E-state index contributed by atoms with van der Waals surface area (Å²) in [5.74, 6) is -19.1. The van der Waals surface area contributed by atoms with Crippen LogP contribution in [0.2, 0.25) is 0 Å². The molecule has 0 aliphatic heterocycles. The predicted octanol–water partition coefficient (Wildman–Crippen LogP) is 2.41. The standard InChI is InChI=1S/C5H4F9N/c6-2(7,1-15)3(8,9)4(10,11)5(12,13)14/h1,15H2. The average molecular weight is 249 g/mol. The molecule has 0 aromatic heterocycles. The Morgan fingerprint density at radius 1 is 0.667 bits per heavy atom. The van der Waals surface area contributed by atoms with E-state index in [-0.39, 0.29) is 0 Å². The first kappa shape index (κ1) is 14.3. The quantitative estimate of drug-likeness (QED) is 0.763. The van der Waals surface area contributed by atoms with Crippen LogP contribution in [0.3, 0.4) is 0 Å². The van der Waals surface area contributed by atoms with Crippen LogP contribution in [0.5, 0.6) is 0 Å². The van der Waals surface area contributed by atoms with Crippen LogP contribution < -0.4 is 5.73 Å². The van der Waals surface area contributed by atoms with Crippen molar-refractivity contribution in [2.75, 3.05) is 6.54 Å². The third-order valence-corrected chi connectivity index (χ3v) is 1.47. The Labute approximate surface area is 77.0 Å². The van der Waals surface area contributed by atoms with Crippen LogP contribution in [0.4, 0.5) is 39.5 Å². The molecule has 0 aromatic rings. The first-order valence-corrected chi connectivity index (χ1v) is 3.21. The summed E-state index contributed by atoms with van der Waals surface area (Å²) in [6, 6.07) is 0. The second-order valence-corrected chi connectivity index (χ2v) is 2.56. The van der Waals surface area contributed by atoms with E-state index in [1.165, 1.54) is 0 Å². The van der Waals surface area contributed by atoms with E-state index in [1.54, 1.807) is 0 Å². The number of hydrogen-bond donors (Lipinski definition) is 1. The number of halogens is 9. The maximum absolute atomic E-state index is 12.2. The van der Waals surface area contributed by atoms with Crippen LogP contribution in [-0.4, -0.2) is 30.5 Å². The molecule has 92 valence electrons. The molecule has 0 aliphatic carbocycles. The van der Waals surface area contributed by atoms with Crippen LogP contribution in [0, 0.1) is 0 Å². The van der Waals surface area contributed by atoms with Crippen molar-refractivity contribution in [3.05, 3.63) is 0 Å². The van der Waals surface area contributed by atoms with Gasteiger partial charge in [-0.15, -0.1) is 0 Å². The molecule has 0 aliphatic rings. The summed E-state index contributed by atoms with van der Waals surface area (Å²) in [7, 11) is 0. The minimum Gasteiger partial charge on any atom is -0.325 e. The highest BCUT2D eigenvalue weighted by Crippen LogP contribution is 2.52. The van der Waals surface area contributed by atoms with Crippen molar-refractivity contribution in [2.24, 2.45) is 5.73 Å². The highest BCUT2D eigenvalue weighted by Gasteiger charge is 2.81. The lowest BCUT2D eigenvalue weighted by molar-refractivity contribution is -0.394. The summed E-state index contributed by atoms with van der Waals surface area (Å²) in [6.07, 6.45) is -6.78. The van der Waals surface area contributed by atoms with Crippen molar-refractivity contribution in [2.45, 2.75) is 23.9 Å². The van der Waals surface area contributed by atoms with Crippen LogP contribution in [0.15, 0.2) is 0 Å². The van der Waals surface area contributed by atoms with E-state index >= 15 is 0 Å². The summed E-state index contributed by atoms with van der Waals surface area (Å²) in [5, 5.41) is 0. The molecule has 2 N–H and O–H groups in total. The normalized spacial score (nSPS) is 15.6. The summed E-state index contributed by atoms with van der Waals surface area (Å²) < 4.78 is 107. The smallest absolute Gasteiger partial charge is 0.325 e. The van der Waals surface area contributed by atoms with E-state index in [1.807, 2.05) is 0 Å². The average Bonchev–Trinajstić information content (AvgIpc) is 2.01. The fraction of sp³-hybridized carbons (Fsp3) is 1.00. The molecule has 0 amide bonds. The van der Waals surface area contributed by atoms with Gasteiger partial charge in [-0.25, -0.2) is 0 Å². The van der Waals surface area contributed by atoms with Gasteiger partial charge in [-0.3, -0.25) is 0 Å². The van der Waals surface area contributed by atoms with Gasteiger partial charge in [0, 0.05) is 0 Å². The van der Waals surface area contributed by atoms with Gasteiger partial charge < -0.3 is 5.73 Å². The Morgan fingerprint density at radius 3 is 1.20 bits per heavy atom. The molecule has 0 fully saturated rings. The van der Waals surface area contributed by atoms with Gasteiger partial charge in [0.05, 0.1) is 6.54 Å². The molecule has 0 bridgehead atoms. The second-order valence-electron chi connectivity index (χ2n) is 2.56. The minimum atomic E-state index is -6.84. The minimum absolute atomic E-state index is 2.33. The van der Waals surface area contributed by atoms with E-state index in [9.17, 15) is 39.5 Å². The third kappa shape index (κ3) is 1.99. The van der Waals surface area contributed by atoms with E-state index in [0.29, 0.717) is 0 Å². The molecule has 10 heteroatoms. The van der Waals surface area contributed by atoms with Gasteiger partial charge in [0.2, 0.25) is 0 Å². The van der Waals surface area contributed by atoms with Crippen molar-refractivity contribution in [1.82, 2.24) is 0 Å². The SMILES string of the molecule is NCC(F)(F)C(F)(F)C(F)(F)C(F)(F)F. The van der Waals surface area contributed by atoms with Gasteiger partial charge in [-0.05, 0) is 0 Å². The zero-order valence-electron chi connectivity index (χ0n) is 6.69. The monoisotopic (exact) mass is 249 g/mol. The Kier molecular flexibility index (Phi) is 3.27. The molecule has 0 atom stereocenters. The zero-order chi connectivity index (χ0) is 12.7. The Balaban J connectivity index is 5.38. The Morgan fingerprint density at radius 2 is 1.00 bits per heavy atom. The van der Waals surface area contributed by atoms with E-state index in [0.717, 1.165) is 0 Å². The molecule has 0 rings (SSSR count). The predicted molar refractivity (Wildman–Crippen MR) is 30.0 cm³/mol. The summed E-state index contributed by atoms with van der Waals surface area (Å²) in [4.78, 5) is 0. The molecule has 15 heavy (non-hydrogen) atoms. The van der Waals surface area contributed by atoms with Gasteiger partial charge in [-0.2, -0.15) is 39.5 Å². The number of alkyl halides is 9. The van der Waals surface area contributed by atoms with Gasteiger partial charge in [-0.1, -0.05) is 0 Å². The molecule has 0 radical (unpaired) electrons. The van der Waals surface area contributed by atoms with Crippen molar-refractivity contribution in [3.8, 4) is 0 Å². The third-order valence-electron chi connectivity index (χ3n) is 1.47. The maximum Gasteiger partial charge on any atom is 0.460 e. The zero-order valence-corrected chi connectivity index (χ0v) is 6.69. The van der Waals surface area contributed by atoms with Gasteiger partial charge in [0.15, 0.2) is 0 Å². The second kappa shape index (κ2) is 3.42. The van der Waals surface area contributed by atoms with Crippen molar-refractivity contribution in [3.63, 3.8) is 0 Å². The van der Waals surface area contributed by atoms with Gasteiger partial charge >= 0.3 is 23.9 Å². The number of hydrogen-bond acceptors (Lipinski definition) is 1. The highest BCUT2D eigenvalue weighted by atomic mass is 19.4. The maximum atomic E-state index is 12.2. The molecule has 0 saturated carbocycles. The first-order valence-electron chi connectivity index (χ1n) is 3.21. The van der Waals surface area contributed by atoms with Crippen LogP contribution in [-0.2, 0) is 0 Å². The first-order chi connectivity index (χ1) is 6.31.